The first kappa shape index (κ1) is 9.00. The molecular formula is C9H15N3. The first-order valence-electron chi connectivity index (χ1n) is 4.12. The van der Waals surface area contributed by atoms with E-state index < -0.39 is 0 Å². The molecule has 12 heavy (non-hydrogen) atoms. The van der Waals surface area contributed by atoms with E-state index >= 15 is 0 Å². The van der Waals surface area contributed by atoms with Gasteiger partial charge in [0.2, 0.25) is 0 Å². The molecule has 1 aliphatic rings. The minimum absolute atomic E-state index is 0.711. The van der Waals surface area contributed by atoms with E-state index in [4.69, 9.17) is 5.73 Å². The van der Waals surface area contributed by atoms with E-state index in [0.29, 0.717) is 6.54 Å². The Labute approximate surface area is 73.3 Å². The van der Waals surface area contributed by atoms with Crippen LogP contribution in [0.4, 0.5) is 0 Å². The largest absolute Gasteiger partial charge is 0.361 e. The summed E-state index contributed by atoms with van der Waals surface area (Å²) in [4.78, 5) is 6.12. The number of hydrogen-bond acceptors (Lipinski definition) is 3. The molecule has 3 nitrogen and oxygen atoms in total. The average molecular weight is 165 g/mol. The van der Waals surface area contributed by atoms with E-state index in [1.54, 1.807) is 0 Å². The Bertz CT molecular complexity index is 216. The fourth-order valence-corrected chi connectivity index (χ4v) is 1.04. The number of likely N-dealkylation sites (N-methyl/N-ethyl adjacent to an activating group) is 1. The lowest BCUT2D eigenvalue weighted by atomic mass is 10.2. The highest BCUT2D eigenvalue weighted by Crippen LogP contribution is 2.03. The lowest BCUT2D eigenvalue weighted by Crippen LogP contribution is -2.20. The van der Waals surface area contributed by atoms with Crippen LogP contribution < -0.4 is 5.73 Å². The Morgan fingerprint density at radius 2 is 2.58 bits per heavy atom. The van der Waals surface area contributed by atoms with Crippen LogP contribution >= 0.6 is 0 Å². The monoisotopic (exact) mass is 165 g/mol. The van der Waals surface area contributed by atoms with Crippen LogP contribution in [0.2, 0.25) is 0 Å². The summed E-state index contributed by atoms with van der Waals surface area (Å²) in [5, 5.41) is 0. The molecule has 0 amide bonds. The topological polar surface area (TPSA) is 41.6 Å². The molecule has 2 N–H and O–H groups in total. The summed E-state index contributed by atoms with van der Waals surface area (Å²) in [5.41, 5.74) is 6.59. The number of rotatable bonds is 3. The third kappa shape index (κ3) is 2.88. The van der Waals surface area contributed by atoms with Gasteiger partial charge in [-0.2, -0.15) is 0 Å². The number of hydrogen-bond donors (Lipinski definition) is 1. The van der Waals surface area contributed by atoms with Crippen molar-refractivity contribution in [1.82, 2.24) is 4.90 Å². The van der Waals surface area contributed by atoms with Gasteiger partial charge < -0.3 is 10.6 Å². The lowest BCUT2D eigenvalue weighted by Gasteiger charge is -2.16. The Balaban J connectivity index is 2.42. The van der Waals surface area contributed by atoms with Gasteiger partial charge in [0.05, 0.1) is 6.34 Å². The normalized spacial score (nSPS) is 17.2. The lowest BCUT2D eigenvalue weighted by molar-refractivity contribution is 0.562. The van der Waals surface area contributed by atoms with Crippen molar-refractivity contribution in [3.8, 4) is 0 Å². The summed E-state index contributed by atoms with van der Waals surface area (Å²) < 4.78 is 0. The van der Waals surface area contributed by atoms with Gasteiger partial charge in [-0.25, -0.2) is 4.99 Å². The molecule has 0 saturated heterocycles. The molecule has 0 bridgehead atoms. The second kappa shape index (κ2) is 4.72. The average Bonchev–Trinajstić information content (AvgIpc) is 2.05. The Morgan fingerprint density at radius 1 is 1.75 bits per heavy atom. The molecule has 0 aromatic rings. The Hall–Kier alpha value is -1.09. The molecule has 0 spiro atoms. The van der Waals surface area contributed by atoms with Crippen LogP contribution in [0.5, 0.6) is 0 Å². The maximum absolute atomic E-state index is 5.36. The van der Waals surface area contributed by atoms with Crippen molar-refractivity contribution < 1.29 is 0 Å². The zero-order chi connectivity index (χ0) is 8.81. The van der Waals surface area contributed by atoms with Crippen molar-refractivity contribution in [2.24, 2.45) is 10.7 Å². The van der Waals surface area contributed by atoms with Crippen molar-refractivity contribution in [2.75, 3.05) is 20.1 Å². The molecule has 0 unspecified atom stereocenters. The highest BCUT2D eigenvalue weighted by Gasteiger charge is 1.99. The van der Waals surface area contributed by atoms with E-state index in [0.717, 1.165) is 13.0 Å². The van der Waals surface area contributed by atoms with Gasteiger partial charge in [-0.1, -0.05) is 12.2 Å². The van der Waals surface area contributed by atoms with Crippen molar-refractivity contribution in [2.45, 2.75) is 6.42 Å². The third-order valence-electron chi connectivity index (χ3n) is 1.60. The molecule has 0 saturated carbocycles. The molecule has 0 aliphatic carbocycles. The highest BCUT2D eigenvalue weighted by molar-refractivity contribution is 5.58. The van der Waals surface area contributed by atoms with Gasteiger partial charge in [-0.15, -0.1) is 0 Å². The van der Waals surface area contributed by atoms with Gasteiger partial charge in [-0.05, 0) is 18.5 Å². The van der Waals surface area contributed by atoms with Crippen LogP contribution in [-0.4, -0.2) is 31.4 Å². The Kier molecular flexibility index (Phi) is 3.54. The Morgan fingerprint density at radius 3 is 3.25 bits per heavy atom. The van der Waals surface area contributed by atoms with Crippen LogP contribution in [0.15, 0.2) is 28.9 Å². The van der Waals surface area contributed by atoms with Gasteiger partial charge in [0.15, 0.2) is 0 Å². The molecule has 1 aliphatic heterocycles. The second-order valence-corrected chi connectivity index (χ2v) is 2.86. The van der Waals surface area contributed by atoms with Crippen LogP contribution in [0, 0.1) is 0 Å². The number of aliphatic imine (C=N–C) groups is 1. The van der Waals surface area contributed by atoms with Crippen molar-refractivity contribution >= 4 is 6.34 Å². The molecule has 0 radical (unpaired) electrons. The first-order valence-corrected chi connectivity index (χ1v) is 4.12. The fourth-order valence-electron chi connectivity index (χ4n) is 1.04. The molecule has 0 aromatic heterocycles. The molecule has 66 valence electrons. The van der Waals surface area contributed by atoms with Crippen molar-refractivity contribution in [3.63, 3.8) is 0 Å². The summed E-state index contributed by atoms with van der Waals surface area (Å²) in [6.07, 6.45) is 8.80. The second-order valence-electron chi connectivity index (χ2n) is 2.86. The third-order valence-corrected chi connectivity index (χ3v) is 1.60. The SMILES string of the molecule is CN1C=NC=C(C=CCCN)C1. The van der Waals surface area contributed by atoms with Crippen LogP contribution in [0.25, 0.3) is 0 Å². The van der Waals surface area contributed by atoms with Gasteiger partial charge in [0.25, 0.3) is 0 Å². The van der Waals surface area contributed by atoms with Crippen LogP contribution in [0.3, 0.4) is 0 Å². The summed E-state index contributed by atoms with van der Waals surface area (Å²) in [6, 6.07) is 0. The van der Waals surface area contributed by atoms with E-state index in [1.165, 1.54) is 5.57 Å². The molecule has 1 heterocycles. The maximum Gasteiger partial charge on any atom is 0.0905 e. The summed E-state index contributed by atoms with van der Waals surface area (Å²) >= 11 is 0. The highest BCUT2D eigenvalue weighted by atomic mass is 15.1. The number of nitrogens with zero attached hydrogens (tertiary/aromatic N) is 2. The molecule has 3 heteroatoms. The zero-order valence-corrected chi connectivity index (χ0v) is 7.40. The first-order chi connectivity index (χ1) is 5.83. The van der Waals surface area contributed by atoms with E-state index in [2.05, 4.69) is 17.1 Å². The molecule has 1 rings (SSSR count). The number of nitrogens with two attached hydrogens (primary N) is 1. The van der Waals surface area contributed by atoms with Crippen molar-refractivity contribution in [1.29, 1.82) is 0 Å². The molecule has 0 atom stereocenters. The standard InChI is InChI=1S/C9H15N3/c1-12-7-9(6-11-8-12)4-2-3-5-10/h2,4,6,8H,3,5,7,10H2,1H3. The zero-order valence-electron chi connectivity index (χ0n) is 7.40. The fraction of sp³-hybridized carbons (Fsp3) is 0.444. The van der Waals surface area contributed by atoms with Crippen molar-refractivity contribution in [3.05, 3.63) is 23.9 Å². The van der Waals surface area contributed by atoms with Gasteiger partial charge in [0.1, 0.15) is 0 Å². The molecule has 0 fully saturated rings. The van der Waals surface area contributed by atoms with E-state index in [9.17, 15) is 0 Å². The van der Waals surface area contributed by atoms with Crippen LogP contribution in [-0.2, 0) is 0 Å². The quantitative estimate of drug-likeness (QED) is 0.670. The van der Waals surface area contributed by atoms with Crippen LogP contribution in [0.1, 0.15) is 6.42 Å². The predicted molar refractivity (Wildman–Crippen MR) is 52.0 cm³/mol. The predicted octanol–water partition coefficient (Wildman–Crippen LogP) is 0.749. The molecule has 0 aromatic carbocycles. The van der Waals surface area contributed by atoms with E-state index in [-0.39, 0.29) is 0 Å². The van der Waals surface area contributed by atoms with Gasteiger partial charge >= 0.3 is 0 Å². The maximum atomic E-state index is 5.36. The van der Waals surface area contributed by atoms with E-state index in [1.807, 2.05) is 24.5 Å². The smallest absolute Gasteiger partial charge is 0.0905 e. The van der Waals surface area contributed by atoms with Gasteiger partial charge in [0, 0.05) is 19.8 Å². The summed E-state index contributed by atoms with van der Waals surface area (Å²) in [7, 11) is 2.01. The minimum Gasteiger partial charge on any atom is -0.361 e. The summed E-state index contributed by atoms with van der Waals surface area (Å²) in [6.45, 7) is 1.65. The van der Waals surface area contributed by atoms with Gasteiger partial charge in [-0.3, -0.25) is 0 Å². The summed E-state index contributed by atoms with van der Waals surface area (Å²) in [5.74, 6) is 0. The minimum atomic E-state index is 0.711. The molecular weight excluding hydrogens is 150 g/mol.